The molecule has 1 aliphatic rings. The van der Waals surface area contributed by atoms with E-state index in [0.717, 1.165) is 13.2 Å². The smallest absolute Gasteiger partial charge is 0.207 e. The van der Waals surface area contributed by atoms with Crippen molar-refractivity contribution in [1.82, 2.24) is 0 Å². The van der Waals surface area contributed by atoms with Gasteiger partial charge in [0.05, 0.1) is 0 Å². The van der Waals surface area contributed by atoms with Crippen LogP contribution in [0.15, 0.2) is 0 Å². The molecule has 0 atom stereocenters. The van der Waals surface area contributed by atoms with Crippen molar-refractivity contribution in [2.75, 3.05) is 13.2 Å². The highest BCUT2D eigenvalue weighted by molar-refractivity contribution is 6.05. The molecule has 0 unspecified atom stereocenters. The van der Waals surface area contributed by atoms with Crippen molar-refractivity contribution in [1.29, 1.82) is 0 Å². The summed E-state index contributed by atoms with van der Waals surface area (Å²) in [7, 11) is 0. The highest BCUT2D eigenvalue weighted by Crippen LogP contribution is 2.01. The molecule has 0 spiro atoms. The van der Waals surface area contributed by atoms with Crippen LogP contribution in [0.25, 0.3) is 0 Å². The third kappa shape index (κ3) is 4.65. The van der Waals surface area contributed by atoms with E-state index in [1.54, 1.807) is 0 Å². The molecule has 0 saturated carbocycles. The SMILES string of the molecule is C1CCOCC1.[CH3][AlH2]. The molecule has 0 aliphatic carbocycles. The standard InChI is InChI=1S/C5H10O.CH3.Al.2H/c1-2-4-6-5-3-1;;;;/h1-5H2;1H3;;;. The van der Waals surface area contributed by atoms with Crippen LogP contribution in [0.5, 0.6) is 0 Å². The molecular formula is C6H15AlO. The van der Waals surface area contributed by atoms with Crippen molar-refractivity contribution >= 4 is 16.3 Å². The highest BCUT2D eigenvalue weighted by atomic mass is 27.0. The summed E-state index contributed by atoms with van der Waals surface area (Å²) < 4.78 is 5.07. The Morgan fingerprint density at radius 1 is 1.00 bits per heavy atom. The molecule has 0 aromatic carbocycles. The number of ether oxygens (including phenoxy) is 1. The van der Waals surface area contributed by atoms with Crippen LogP contribution in [0.4, 0.5) is 0 Å². The van der Waals surface area contributed by atoms with E-state index in [0.29, 0.717) is 0 Å². The zero-order valence-corrected chi connectivity index (χ0v) is 7.94. The summed E-state index contributed by atoms with van der Waals surface area (Å²) in [6.07, 6.45) is 3.93. The quantitative estimate of drug-likeness (QED) is 0.442. The lowest BCUT2D eigenvalue weighted by molar-refractivity contribution is 0.0968. The number of rotatable bonds is 0. The predicted octanol–water partition coefficient (Wildman–Crippen LogP) is 0.854. The zero-order valence-electron chi connectivity index (χ0n) is 5.94. The molecule has 1 rings (SSSR count). The third-order valence-corrected chi connectivity index (χ3v) is 1.08. The average molecular weight is 130 g/mol. The van der Waals surface area contributed by atoms with Crippen molar-refractivity contribution in [3.05, 3.63) is 0 Å². The first kappa shape index (κ1) is 8.49. The monoisotopic (exact) mass is 130 g/mol. The fourth-order valence-electron chi connectivity index (χ4n) is 0.687. The Bertz CT molecular complexity index is 24.0. The second kappa shape index (κ2) is 7.49. The Morgan fingerprint density at radius 3 is 1.62 bits per heavy atom. The largest absolute Gasteiger partial charge is 0.381 e. The normalized spacial score (nSPS) is 18.6. The maximum Gasteiger partial charge on any atom is 0.207 e. The van der Waals surface area contributed by atoms with Gasteiger partial charge in [0, 0.05) is 13.2 Å². The van der Waals surface area contributed by atoms with E-state index >= 15 is 0 Å². The Hall–Kier alpha value is 0.492. The first-order valence-corrected chi connectivity index (χ1v) is 5.58. The maximum absolute atomic E-state index is 5.07. The molecule has 1 heterocycles. The summed E-state index contributed by atoms with van der Waals surface area (Å²) in [4.78, 5) is 0. The van der Waals surface area contributed by atoms with Crippen LogP contribution >= 0.6 is 0 Å². The van der Waals surface area contributed by atoms with Gasteiger partial charge in [0.1, 0.15) is 0 Å². The summed E-state index contributed by atoms with van der Waals surface area (Å²) in [5, 5.41) is 0. The number of hydrogen-bond acceptors (Lipinski definition) is 1. The average Bonchev–Trinajstić information content (AvgIpc) is 1.96. The van der Waals surface area contributed by atoms with Crippen LogP contribution < -0.4 is 0 Å². The van der Waals surface area contributed by atoms with Gasteiger partial charge in [-0.1, -0.05) is 0 Å². The molecule has 1 nitrogen and oxygen atoms in total. The molecule has 1 aliphatic heterocycles. The van der Waals surface area contributed by atoms with Crippen LogP contribution in [0, 0.1) is 0 Å². The van der Waals surface area contributed by atoms with Crippen LogP contribution in [-0.4, -0.2) is 29.5 Å². The van der Waals surface area contributed by atoms with E-state index in [1.165, 1.54) is 35.6 Å². The van der Waals surface area contributed by atoms with Gasteiger partial charge in [-0.05, 0) is 19.3 Å². The molecule has 0 bridgehead atoms. The molecule has 0 radical (unpaired) electrons. The van der Waals surface area contributed by atoms with Crippen molar-refractivity contribution < 1.29 is 4.74 Å². The molecular weight excluding hydrogens is 115 g/mol. The molecule has 0 N–H and O–H groups in total. The van der Waals surface area contributed by atoms with E-state index in [9.17, 15) is 0 Å². The van der Waals surface area contributed by atoms with Gasteiger partial charge in [0.25, 0.3) is 0 Å². The van der Waals surface area contributed by atoms with Crippen molar-refractivity contribution in [2.24, 2.45) is 0 Å². The molecule has 0 aromatic rings. The summed E-state index contributed by atoms with van der Waals surface area (Å²) in [5.74, 6) is 2.14. The first-order chi connectivity index (χ1) is 4.00. The molecule has 48 valence electrons. The second-order valence-electron chi connectivity index (χ2n) is 1.67. The minimum Gasteiger partial charge on any atom is -0.381 e. The van der Waals surface area contributed by atoms with Gasteiger partial charge >= 0.3 is 0 Å². The Morgan fingerprint density at radius 2 is 1.50 bits per heavy atom. The third-order valence-electron chi connectivity index (χ3n) is 1.08. The van der Waals surface area contributed by atoms with Gasteiger partial charge in [-0.3, -0.25) is 0 Å². The van der Waals surface area contributed by atoms with Gasteiger partial charge in [-0.15, -0.1) is 5.79 Å². The molecule has 0 aromatic heterocycles. The molecule has 1 saturated heterocycles. The van der Waals surface area contributed by atoms with E-state index < -0.39 is 0 Å². The van der Waals surface area contributed by atoms with E-state index in [-0.39, 0.29) is 0 Å². The van der Waals surface area contributed by atoms with Crippen molar-refractivity contribution in [3.8, 4) is 0 Å². The Kier molecular flexibility index (Phi) is 7.95. The van der Waals surface area contributed by atoms with Crippen LogP contribution in [-0.2, 0) is 4.74 Å². The minimum absolute atomic E-state index is 1.00. The molecule has 8 heavy (non-hydrogen) atoms. The lowest BCUT2D eigenvalue weighted by atomic mass is 10.2. The lowest BCUT2D eigenvalue weighted by Crippen LogP contribution is -2.03. The molecule has 2 heteroatoms. The van der Waals surface area contributed by atoms with Crippen LogP contribution in [0.3, 0.4) is 0 Å². The fourth-order valence-corrected chi connectivity index (χ4v) is 0.687. The topological polar surface area (TPSA) is 9.23 Å². The lowest BCUT2D eigenvalue weighted by Gasteiger charge is -2.08. The summed E-state index contributed by atoms with van der Waals surface area (Å²) in [6, 6.07) is 0. The number of hydrogen-bond donors (Lipinski definition) is 0. The van der Waals surface area contributed by atoms with Crippen LogP contribution in [0.2, 0.25) is 5.79 Å². The molecule has 1 fully saturated rings. The van der Waals surface area contributed by atoms with Gasteiger partial charge in [-0.2, -0.15) is 0 Å². The molecule has 0 amide bonds. The minimum atomic E-state index is 1.00. The van der Waals surface area contributed by atoms with Gasteiger partial charge in [0.2, 0.25) is 16.3 Å². The van der Waals surface area contributed by atoms with E-state index in [4.69, 9.17) is 4.74 Å². The highest BCUT2D eigenvalue weighted by Gasteiger charge is 1.94. The summed E-state index contributed by atoms with van der Waals surface area (Å²) in [6.45, 7) is 2.00. The van der Waals surface area contributed by atoms with E-state index in [1.807, 2.05) is 0 Å². The Labute approximate surface area is 59.8 Å². The second-order valence-corrected chi connectivity index (χ2v) is 1.67. The fraction of sp³-hybridized carbons (Fsp3) is 1.00. The summed E-state index contributed by atoms with van der Waals surface area (Å²) in [5.41, 5.74) is 0. The van der Waals surface area contributed by atoms with Crippen LogP contribution in [0.1, 0.15) is 19.3 Å². The van der Waals surface area contributed by atoms with Crippen molar-refractivity contribution in [3.63, 3.8) is 0 Å². The zero-order chi connectivity index (χ0) is 6.24. The maximum atomic E-state index is 5.07. The first-order valence-electron chi connectivity index (χ1n) is 3.58. The summed E-state index contributed by atoms with van der Waals surface area (Å²) >= 11 is 1.31. The Balaban J connectivity index is 0.000000222. The van der Waals surface area contributed by atoms with Gasteiger partial charge in [0.15, 0.2) is 0 Å². The van der Waals surface area contributed by atoms with Gasteiger partial charge < -0.3 is 4.74 Å². The van der Waals surface area contributed by atoms with Gasteiger partial charge in [-0.25, -0.2) is 0 Å². The van der Waals surface area contributed by atoms with Crippen molar-refractivity contribution in [2.45, 2.75) is 25.0 Å². The van der Waals surface area contributed by atoms with E-state index in [2.05, 4.69) is 5.79 Å². The predicted molar refractivity (Wildman–Crippen MR) is 39.1 cm³/mol.